The first-order valence-electron chi connectivity index (χ1n) is 8.70. The van der Waals surface area contributed by atoms with Crippen LogP contribution >= 0.6 is 0 Å². The topological polar surface area (TPSA) is 29.3 Å². The Bertz CT molecular complexity index is 254. The van der Waals surface area contributed by atoms with Crippen LogP contribution in [0.5, 0.6) is 0 Å². The van der Waals surface area contributed by atoms with Gasteiger partial charge in [0.05, 0.1) is 0 Å². The average molecular weight is 266 g/mol. The summed E-state index contributed by atoms with van der Waals surface area (Å²) in [6.45, 7) is 6.88. The van der Waals surface area contributed by atoms with E-state index < -0.39 is 0 Å². The maximum atomic E-state index is 6.03. The highest BCUT2D eigenvalue weighted by Gasteiger charge is 2.31. The number of rotatable bonds is 4. The number of nitrogens with zero attached hydrogens (tertiary/aromatic N) is 1. The summed E-state index contributed by atoms with van der Waals surface area (Å²) in [6, 6.07) is 1.50. The Morgan fingerprint density at radius 1 is 1.11 bits per heavy atom. The molecule has 112 valence electrons. The summed E-state index contributed by atoms with van der Waals surface area (Å²) in [7, 11) is 0. The first-order chi connectivity index (χ1) is 9.24. The molecule has 1 aliphatic carbocycles. The number of piperidine rings is 1. The van der Waals surface area contributed by atoms with Gasteiger partial charge in [0.2, 0.25) is 0 Å². The lowest BCUT2D eigenvalue weighted by atomic mass is 9.89. The van der Waals surface area contributed by atoms with Crippen molar-refractivity contribution in [2.75, 3.05) is 13.1 Å². The van der Waals surface area contributed by atoms with E-state index in [9.17, 15) is 0 Å². The van der Waals surface area contributed by atoms with E-state index in [-0.39, 0.29) is 0 Å². The predicted molar refractivity (Wildman–Crippen MR) is 83.2 cm³/mol. The SMILES string of the molecule is CCCC1CCCC(N2CCC(C)CC2CN)CC1. The van der Waals surface area contributed by atoms with Crippen LogP contribution in [-0.2, 0) is 0 Å². The van der Waals surface area contributed by atoms with Gasteiger partial charge < -0.3 is 5.73 Å². The molecule has 2 fully saturated rings. The van der Waals surface area contributed by atoms with Crippen LogP contribution in [-0.4, -0.2) is 30.1 Å². The summed E-state index contributed by atoms with van der Waals surface area (Å²) in [5, 5.41) is 0. The number of hydrogen-bond donors (Lipinski definition) is 1. The summed E-state index contributed by atoms with van der Waals surface area (Å²) in [6.07, 6.45) is 12.7. The van der Waals surface area contributed by atoms with E-state index in [0.717, 1.165) is 24.4 Å². The monoisotopic (exact) mass is 266 g/mol. The molecule has 0 aromatic carbocycles. The molecule has 0 aromatic heterocycles. The molecule has 2 N–H and O–H groups in total. The van der Waals surface area contributed by atoms with Crippen molar-refractivity contribution in [2.24, 2.45) is 17.6 Å². The van der Waals surface area contributed by atoms with Crippen molar-refractivity contribution in [3.05, 3.63) is 0 Å². The van der Waals surface area contributed by atoms with Gasteiger partial charge in [-0.2, -0.15) is 0 Å². The molecule has 0 bridgehead atoms. The van der Waals surface area contributed by atoms with Gasteiger partial charge in [-0.1, -0.05) is 39.5 Å². The Morgan fingerprint density at radius 2 is 1.95 bits per heavy atom. The maximum Gasteiger partial charge on any atom is 0.0223 e. The Hall–Kier alpha value is -0.0800. The lowest BCUT2D eigenvalue weighted by molar-refractivity contribution is 0.0678. The fourth-order valence-corrected chi connectivity index (χ4v) is 4.37. The van der Waals surface area contributed by atoms with Crippen LogP contribution < -0.4 is 5.73 Å². The zero-order valence-corrected chi connectivity index (χ0v) is 13.1. The Balaban J connectivity index is 1.89. The minimum Gasteiger partial charge on any atom is -0.329 e. The molecule has 4 unspecified atom stereocenters. The summed E-state index contributed by atoms with van der Waals surface area (Å²) >= 11 is 0. The highest BCUT2D eigenvalue weighted by atomic mass is 15.2. The third-order valence-corrected chi connectivity index (χ3v) is 5.52. The van der Waals surface area contributed by atoms with E-state index in [1.165, 1.54) is 64.3 Å². The quantitative estimate of drug-likeness (QED) is 0.784. The van der Waals surface area contributed by atoms with Crippen LogP contribution in [0.3, 0.4) is 0 Å². The van der Waals surface area contributed by atoms with Crippen molar-refractivity contribution < 1.29 is 0 Å². The molecule has 2 nitrogen and oxygen atoms in total. The van der Waals surface area contributed by atoms with Crippen LogP contribution in [0.25, 0.3) is 0 Å². The molecule has 2 heteroatoms. The van der Waals surface area contributed by atoms with Crippen molar-refractivity contribution in [2.45, 2.75) is 83.7 Å². The van der Waals surface area contributed by atoms with Crippen LogP contribution in [0.1, 0.15) is 71.6 Å². The second-order valence-corrected chi connectivity index (χ2v) is 7.07. The molecule has 2 rings (SSSR count). The van der Waals surface area contributed by atoms with Crippen molar-refractivity contribution in [3.8, 4) is 0 Å². The van der Waals surface area contributed by atoms with Crippen LogP contribution in [0.2, 0.25) is 0 Å². The fraction of sp³-hybridized carbons (Fsp3) is 1.00. The predicted octanol–water partition coefficient (Wildman–Crippen LogP) is 3.79. The largest absolute Gasteiger partial charge is 0.329 e. The van der Waals surface area contributed by atoms with Gasteiger partial charge in [-0.05, 0) is 50.5 Å². The molecule has 0 aromatic rings. The fourth-order valence-electron chi connectivity index (χ4n) is 4.37. The third kappa shape index (κ3) is 4.19. The molecule has 1 saturated carbocycles. The minimum absolute atomic E-state index is 0.663. The first kappa shape index (κ1) is 15.3. The lowest BCUT2D eigenvalue weighted by Gasteiger charge is -2.43. The average Bonchev–Trinajstić information content (AvgIpc) is 2.65. The van der Waals surface area contributed by atoms with E-state index in [0.29, 0.717) is 6.04 Å². The van der Waals surface area contributed by atoms with Gasteiger partial charge in [-0.15, -0.1) is 0 Å². The second-order valence-electron chi connectivity index (χ2n) is 7.07. The van der Waals surface area contributed by atoms with Gasteiger partial charge in [0.1, 0.15) is 0 Å². The number of likely N-dealkylation sites (tertiary alicyclic amines) is 1. The Labute approximate surface area is 120 Å². The molecular weight excluding hydrogens is 232 g/mol. The number of nitrogens with two attached hydrogens (primary N) is 1. The van der Waals surface area contributed by atoms with Gasteiger partial charge in [0, 0.05) is 18.6 Å². The van der Waals surface area contributed by atoms with E-state index in [2.05, 4.69) is 18.7 Å². The normalized spacial score (nSPS) is 38.1. The highest BCUT2D eigenvalue weighted by molar-refractivity contribution is 4.87. The standard InChI is InChI=1S/C17H34N2/c1-3-5-15-6-4-7-16(9-8-15)19-11-10-14(2)12-17(19)13-18/h14-17H,3-13,18H2,1-2H3. The van der Waals surface area contributed by atoms with E-state index in [4.69, 9.17) is 5.73 Å². The minimum atomic E-state index is 0.663. The van der Waals surface area contributed by atoms with Crippen LogP contribution in [0.4, 0.5) is 0 Å². The van der Waals surface area contributed by atoms with Crippen molar-refractivity contribution in [1.82, 2.24) is 4.90 Å². The maximum absolute atomic E-state index is 6.03. The van der Waals surface area contributed by atoms with E-state index in [1.54, 1.807) is 0 Å². The van der Waals surface area contributed by atoms with Gasteiger partial charge in [0.25, 0.3) is 0 Å². The lowest BCUT2D eigenvalue weighted by Crippen LogP contribution is -2.51. The Kier molecular flexibility index (Phi) is 6.15. The Morgan fingerprint density at radius 3 is 2.68 bits per heavy atom. The smallest absolute Gasteiger partial charge is 0.0223 e. The molecule has 1 heterocycles. The first-order valence-corrected chi connectivity index (χ1v) is 8.70. The van der Waals surface area contributed by atoms with Crippen molar-refractivity contribution in [3.63, 3.8) is 0 Å². The molecule has 1 saturated heterocycles. The summed E-state index contributed by atoms with van der Waals surface area (Å²) in [5.74, 6) is 1.89. The molecular formula is C17H34N2. The summed E-state index contributed by atoms with van der Waals surface area (Å²) in [4.78, 5) is 2.79. The van der Waals surface area contributed by atoms with Gasteiger partial charge in [-0.25, -0.2) is 0 Å². The van der Waals surface area contributed by atoms with Gasteiger partial charge in [0.15, 0.2) is 0 Å². The van der Waals surface area contributed by atoms with Crippen LogP contribution in [0, 0.1) is 11.8 Å². The zero-order chi connectivity index (χ0) is 13.7. The molecule has 2 aliphatic rings. The van der Waals surface area contributed by atoms with Crippen LogP contribution in [0.15, 0.2) is 0 Å². The molecule has 1 aliphatic heterocycles. The van der Waals surface area contributed by atoms with E-state index >= 15 is 0 Å². The molecule has 19 heavy (non-hydrogen) atoms. The third-order valence-electron chi connectivity index (χ3n) is 5.52. The number of hydrogen-bond acceptors (Lipinski definition) is 2. The summed E-state index contributed by atoms with van der Waals surface area (Å²) in [5.41, 5.74) is 6.03. The van der Waals surface area contributed by atoms with Crippen molar-refractivity contribution in [1.29, 1.82) is 0 Å². The molecule has 0 spiro atoms. The highest BCUT2D eigenvalue weighted by Crippen LogP contribution is 2.32. The van der Waals surface area contributed by atoms with Crippen molar-refractivity contribution >= 4 is 0 Å². The molecule has 4 atom stereocenters. The zero-order valence-electron chi connectivity index (χ0n) is 13.1. The van der Waals surface area contributed by atoms with Gasteiger partial charge >= 0.3 is 0 Å². The van der Waals surface area contributed by atoms with Gasteiger partial charge in [-0.3, -0.25) is 4.90 Å². The summed E-state index contributed by atoms with van der Waals surface area (Å²) < 4.78 is 0. The van der Waals surface area contributed by atoms with E-state index in [1.807, 2.05) is 0 Å². The molecule has 0 amide bonds. The second kappa shape index (κ2) is 7.64. The molecule has 0 radical (unpaired) electrons.